The third-order valence-corrected chi connectivity index (χ3v) is 5.40. The van der Waals surface area contributed by atoms with Crippen LogP contribution in [0.5, 0.6) is 23.0 Å². The number of hydrogen-bond acceptors (Lipinski definition) is 6. The number of piperidine rings is 1. The van der Waals surface area contributed by atoms with E-state index in [1.165, 1.54) is 19.3 Å². The minimum absolute atomic E-state index is 0.142. The minimum Gasteiger partial charge on any atom is -0.497 e. The fraction of sp³-hybridized carbons (Fsp3) is 0.375. The summed E-state index contributed by atoms with van der Waals surface area (Å²) in [7, 11) is 1.63. The van der Waals surface area contributed by atoms with E-state index in [0.29, 0.717) is 29.4 Å². The standard InChI is InChI=1S/C24H27NO5/c1-27-19-8-5-18(6-9-19)7-10-21(26)20-15-23-24(30-17-29-23)16-22(20)28-14-13-25-11-3-2-4-12-25/h5-10,15-16H,2-4,11-14,17H2,1H3/b10-7+. The fourth-order valence-corrected chi connectivity index (χ4v) is 3.68. The van der Waals surface area contributed by atoms with E-state index >= 15 is 0 Å². The summed E-state index contributed by atoms with van der Waals surface area (Å²) in [5, 5.41) is 0. The number of fused-ring (bicyclic) bond motifs is 1. The van der Waals surface area contributed by atoms with Gasteiger partial charge in [0.2, 0.25) is 6.79 Å². The number of ether oxygens (including phenoxy) is 4. The molecule has 2 heterocycles. The smallest absolute Gasteiger partial charge is 0.231 e. The highest BCUT2D eigenvalue weighted by Gasteiger charge is 2.21. The predicted octanol–water partition coefficient (Wildman–Crippen LogP) is 4.18. The molecule has 0 aromatic heterocycles. The van der Waals surface area contributed by atoms with Crippen molar-refractivity contribution in [2.75, 3.05) is 40.1 Å². The van der Waals surface area contributed by atoms with Gasteiger partial charge >= 0.3 is 0 Å². The molecule has 6 heteroatoms. The van der Waals surface area contributed by atoms with Gasteiger partial charge < -0.3 is 18.9 Å². The Balaban J connectivity index is 1.47. The van der Waals surface area contributed by atoms with Gasteiger partial charge in [0.25, 0.3) is 0 Å². The first-order valence-corrected chi connectivity index (χ1v) is 10.4. The summed E-state index contributed by atoms with van der Waals surface area (Å²) >= 11 is 0. The van der Waals surface area contributed by atoms with Crippen molar-refractivity contribution in [1.82, 2.24) is 4.90 Å². The van der Waals surface area contributed by atoms with Gasteiger partial charge in [0.15, 0.2) is 17.3 Å². The van der Waals surface area contributed by atoms with Crippen LogP contribution in [0, 0.1) is 0 Å². The molecule has 0 saturated carbocycles. The maximum Gasteiger partial charge on any atom is 0.231 e. The van der Waals surface area contributed by atoms with Crippen molar-refractivity contribution in [3.8, 4) is 23.0 Å². The van der Waals surface area contributed by atoms with Gasteiger partial charge in [-0.2, -0.15) is 0 Å². The Bertz CT molecular complexity index is 901. The fourth-order valence-electron chi connectivity index (χ4n) is 3.68. The van der Waals surface area contributed by atoms with Crippen LogP contribution in [0.15, 0.2) is 42.5 Å². The van der Waals surface area contributed by atoms with E-state index in [0.717, 1.165) is 30.9 Å². The molecular formula is C24H27NO5. The molecule has 2 aliphatic rings. The summed E-state index contributed by atoms with van der Waals surface area (Å²) in [4.78, 5) is 15.3. The molecule has 0 unspecified atom stereocenters. The first-order chi connectivity index (χ1) is 14.7. The number of carbonyl (C=O) groups excluding carboxylic acids is 1. The summed E-state index contributed by atoms with van der Waals surface area (Å²) in [6.07, 6.45) is 7.12. The van der Waals surface area contributed by atoms with Crippen LogP contribution >= 0.6 is 0 Å². The van der Waals surface area contributed by atoms with Gasteiger partial charge in [-0.05, 0) is 55.8 Å². The topological polar surface area (TPSA) is 57.2 Å². The molecule has 6 nitrogen and oxygen atoms in total. The van der Waals surface area contributed by atoms with Gasteiger partial charge in [-0.15, -0.1) is 0 Å². The zero-order valence-electron chi connectivity index (χ0n) is 17.3. The molecule has 2 aromatic carbocycles. The number of ketones is 1. The van der Waals surface area contributed by atoms with Gasteiger partial charge in [-0.1, -0.05) is 24.6 Å². The maximum absolute atomic E-state index is 12.9. The average molecular weight is 409 g/mol. The lowest BCUT2D eigenvalue weighted by molar-refractivity contribution is 0.104. The summed E-state index contributed by atoms with van der Waals surface area (Å²) in [5.74, 6) is 2.34. The largest absolute Gasteiger partial charge is 0.497 e. The van der Waals surface area contributed by atoms with E-state index in [4.69, 9.17) is 18.9 Å². The molecule has 1 saturated heterocycles. The van der Waals surface area contributed by atoms with Crippen LogP contribution in [0.3, 0.4) is 0 Å². The van der Waals surface area contributed by atoms with Crippen LogP contribution in [0.4, 0.5) is 0 Å². The number of nitrogens with zero attached hydrogens (tertiary/aromatic N) is 1. The van der Waals surface area contributed by atoms with Crippen molar-refractivity contribution < 1.29 is 23.7 Å². The zero-order chi connectivity index (χ0) is 20.8. The number of methoxy groups -OCH3 is 1. The van der Waals surface area contributed by atoms with Crippen molar-refractivity contribution in [1.29, 1.82) is 0 Å². The molecule has 2 aromatic rings. The van der Waals surface area contributed by atoms with Gasteiger partial charge in [0, 0.05) is 12.6 Å². The summed E-state index contributed by atoms with van der Waals surface area (Å²) in [6, 6.07) is 11.0. The molecule has 0 radical (unpaired) electrons. The number of hydrogen-bond donors (Lipinski definition) is 0. The SMILES string of the molecule is COc1ccc(/C=C/C(=O)c2cc3c(cc2OCCN2CCCCC2)OCO3)cc1. The second-order valence-electron chi connectivity index (χ2n) is 7.42. The highest BCUT2D eigenvalue weighted by molar-refractivity contribution is 6.09. The average Bonchev–Trinajstić information content (AvgIpc) is 3.25. The van der Waals surface area contributed by atoms with E-state index in [9.17, 15) is 4.79 Å². The van der Waals surface area contributed by atoms with E-state index in [2.05, 4.69) is 4.90 Å². The molecule has 0 aliphatic carbocycles. The Morgan fingerprint density at radius 2 is 1.80 bits per heavy atom. The van der Waals surface area contributed by atoms with Crippen molar-refractivity contribution in [3.63, 3.8) is 0 Å². The molecule has 1 fully saturated rings. The number of allylic oxidation sites excluding steroid dienone is 1. The van der Waals surface area contributed by atoms with E-state index in [-0.39, 0.29) is 12.6 Å². The lowest BCUT2D eigenvalue weighted by Crippen LogP contribution is -2.33. The van der Waals surface area contributed by atoms with Crippen LogP contribution in [-0.2, 0) is 0 Å². The quantitative estimate of drug-likeness (QED) is 0.481. The molecule has 0 amide bonds. The molecule has 30 heavy (non-hydrogen) atoms. The first-order valence-electron chi connectivity index (χ1n) is 10.4. The third-order valence-electron chi connectivity index (χ3n) is 5.40. The number of rotatable bonds is 8. The lowest BCUT2D eigenvalue weighted by atomic mass is 10.1. The molecular weight excluding hydrogens is 382 g/mol. The van der Waals surface area contributed by atoms with Crippen LogP contribution < -0.4 is 18.9 Å². The first kappa shape index (κ1) is 20.3. The predicted molar refractivity (Wildman–Crippen MR) is 115 cm³/mol. The number of likely N-dealkylation sites (tertiary alicyclic amines) is 1. The zero-order valence-corrected chi connectivity index (χ0v) is 17.3. The van der Waals surface area contributed by atoms with Crippen molar-refractivity contribution in [2.45, 2.75) is 19.3 Å². The Morgan fingerprint density at radius 1 is 1.07 bits per heavy atom. The van der Waals surface area contributed by atoms with Crippen LogP contribution in [0.25, 0.3) is 6.08 Å². The van der Waals surface area contributed by atoms with Gasteiger partial charge in [0.1, 0.15) is 18.1 Å². The molecule has 0 spiro atoms. The summed E-state index contributed by atoms with van der Waals surface area (Å²) < 4.78 is 22.1. The van der Waals surface area contributed by atoms with Gasteiger partial charge in [-0.25, -0.2) is 0 Å². The van der Waals surface area contributed by atoms with Crippen LogP contribution in [0.1, 0.15) is 35.2 Å². The van der Waals surface area contributed by atoms with Gasteiger partial charge in [0.05, 0.1) is 12.7 Å². The third kappa shape index (κ3) is 4.94. The normalized spacial score (nSPS) is 16.0. The van der Waals surface area contributed by atoms with Gasteiger partial charge in [-0.3, -0.25) is 9.69 Å². The molecule has 2 aliphatic heterocycles. The Hall–Kier alpha value is -2.99. The number of benzene rings is 2. The summed E-state index contributed by atoms with van der Waals surface area (Å²) in [5.41, 5.74) is 1.39. The van der Waals surface area contributed by atoms with Crippen LogP contribution in [0.2, 0.25) is 0 Å². The molecule has 0 atom stereocenters. The second kappa shape index (κ2) is 9.67. The summed E-state index contributed by atoms with van der Waals surface area (Å²) in [6.45, 7) is 3.76. The van der Waals surface area contributed by atoms with Crippen molar-refractivity contribution in [3.05, 3.63) is 53.6 Å². The molecule has 158 valence electrons. The van der Waals surface area contributed by atoms with E-state index < -0.39 is 0 Å². The van der Waals surface area contributed by atoms with Crippen molar-refractivity contribution >= 4 is 11.9 Å². The Labute approximate surface area is 177 Å². The maximum atomic E-state index is 12.9. The Kier molecular flexibility index (Phi) is 6.54. The van der Waals surface area contributed by atoms with Crippen LogP contribution in [-0.4, -0.2) is 50.8 Å². The highest BCUT2D eigenvalue weighted by atomic mass is 16.7. The monoisotopic (exact) mass is 409 g/mol. The minimum atomic E-state index is -0.142. The highest BCUT2D eigenvalue weighted by Crippen LogP contribution is 2.38. The number of carbonyl (C=O) groups is 1. The van der Waals surface area contributed by atoms with Crippen molar-refractivity contribution in [2.24, 2.45) is 0 Å². The Morgan fingerprint density at radius 3 is 2.53 bits per heavy atom. The molecule has 0 bridgehead atoms. The lowest BCUT2D eigenvalue weighted by Gasteiger charge is -2.26. The molecule has 4 rings (SSSR count). The second-order valence-corrected chi connectivity index (χ2v) is 7.42. The molecule has 0 N–H and O–H groups in total. The van der Waals surface area contributed by atoms with E-state index in [1.54, 1.807) is 31.4 Å². The van der Waals surface area contributed by atoms with E-state index in [1.807, 2.05) is 24.3 Å².